The third-order valence-corrected chi connectivity index (χ3v) is 6.66. The van der Waals surface area contributed by atoms with Gasteiger partial charge in [-0.25, -0.2) is 13.2 Å². The van der Waals surface area contributed by atoms with Crippen LogP contribution in [0.3, 0.4) is 0 Å². The van der Waals surface area contributed by atoms with Gasteiger partial charge >= 0.3 is 12.2 Å². The van der Waals surface area contributed by atoms with Gasteiger partial charge < -0.3 is 15.4 Å². The van der Waals surface area contributed by atoms with Crippen LogP contribution >= 0.6 is 0 Å². The van der Waals surface area contributed by atoms with E-state index in [0.717, 1.165) is 22.5 Å². The van der Waals surface area contributed by atoms with Crippen molar-refractivity contribution in [1.82, 2.24) is 5.32 Å². The molecule has 3 rings (SSSR count). The molecule has 0 radical (unpaired) electrons. The molecule has 3 aromatic carbocycles. The number of anilines is 2. The summed E-state index contributed by atoms with van der Waals surface area (Å²) in [4.78, 5) is 12.2. The Morgan fingerprint density at radius 3 is 2.29 bits per heavy atom. The Balaban J connectivity index is 1.76. The van der Waals surface area contributed by atoms with Crippen molar-refractivity contribution < 1.29 is 31.1 Å². The van der Waals surface area contributed by atoms with Crippen molar-refractivity contribution in [3.63, 3.8) is 0 Å². The number of amides is 2. The number of urea groups is 1. The predicted molar refractivity (Wildman–Crippen MR) is 127 cm³/mol. The van der Waals surface area contributed by atoms with E-state index in [-0.39, 0.29) is 23.7 Å². The first-order valence-corrected chi connectivity index (χ1v) is 12.1. The molecule has 35 heavy (non-hydrogen) atoms. The van der Waals surface area contributed by atoms with Crippen LogP contribution in [0.25, 0.3) is 0 Å². The smallest absolute Gasteiger partial charge is 0.416 e. The SMILES string of the molecule is CCOc1ccc(NC(=O)NCCN(c2cccc(C(F)(F)F)c2)S(=O)(=O)c2ccccc2)cc1. The summed E-state index contributed by atoms with van der Waals surface area (Å²) in [5, 5.41) is 5.13. The minimum Gasteiger partial charge on any atom is -0.494 e. The number of nitrogens with one attached hydrogen (secondary N) is 2. The second kappa shape index (κ2) is 11.1. The van der Waals surface area contributed by atoms with E-state index in [1.807, 2.05) is 6.92 Å². The lowest BCUT2D eigenvalue weighted by Crippen LogP contribution is -2.40. The third-order valence-electron chi connectivity index (χ3n) is 4.82. The summed E-state index contributed by atoms with van der Waals surface area (Å²) >= 11 is 0. The molecule has 0 fully saturated rings. The number of carbonyl (C=O) groups excluding carboxylic acids is 1. The molecule has 0 aromatic heterocycles. The van der Waals surface area contributed by atoms with Crippen molar-refractivity contribution >= 4 is 27.4 Å². The van der Waals surface area contributed by atoms with Gasteiger partial charge in [0.1, 0.15) is 5.75 Å². The van der Waals surface area contributed by atoms with Crippen LogP contribution in [0, 0.1) is 0 Å². The Hall–Kier alpha value is -3.73. The lowest BCUT2D eigenvalue weighted by molar-refractivity contribution is -0.137. The molecule has 0 heterocycles. The number of carbonyl (C=O) groups is 1. The fourth-order valence-electron chi connectivity index (χ4n) is 3.19. The number of nitrogens with zero attached hydrogens (tertiary/aromatic N) is 1. The van der Waals surface area contributed by atoms with Gasteiger partial charge in [-0.1, -0.05) is 24.3 Å². The van der Waals surface area contributed by atoms with Crippen molar-refractivity contribution in [2.75, 3.05) is 29.3 Å². The zero-order valence-electron chi connectivity index (χ0n) is 18.7. The van der Waals surface area contributed by atoms with Crippen LogP contribution in [0.5, 0.6) is 5.75 Å². The molecule has 3 aromatic rings. The van der Waals surface area contributed by atoms with E-state index in [1.165, 1.54) is 30.3 Å². The van der Waals surface area contributed by atoms with Crippen molar-refractivity contribution in [2.24, 2.45) is 0 Å². The van der Waals surface area contributed by atoms with E-state index in [2.05, 4.69) is 10.6 Å². The Morgan fingerprint density at radius 2 is 1.66 bits per heavy atom. The van der Waals surface area contributed by atoms with Crippen LogP contribution < -0.4 is 19.7 Å². The molecule has 0 bridgehead atoms. The molecule has 0 aliphatic heterocycles. The maximum Gasteiger partial charge on any atom is 0.416 e. The number of hydrogen-bond donors (Lipinski definition) is 2. The first-order chi connectivity index (χ1) is 16.6. The van der Waals surface area contributed by atoms with Gasteiger partial charge in [-0.05, 0) is 61.5 Å². The Labute approximate surface area is 201 Å². The normalized spacial score (nSPS) is 11.5. The zero-order chi connectivity index (χ0) is 25.5. The largest absolute Gasteiger partial charge is 0.494 e. The second-order valence-corrected chi connectivity index (χ2v) is 9.14. The molecular weight excluding hydrogens is 483 g/mol. The van der Waals surface area contributed by atoms with E-state index in [4.69, 9.17) is 4.74 Å². The Morgan fingerprint density at radius 1 is 0.971 bits per heavy atom. The van der Waals surface area contributed by atoms with Gasteiger partial charge in [0.15, 0.2) is 0 Å². The fraction of sp³-hybridized carbons (Fsp3) is 0.208. The van der Waals surface area contributed by atoms with E-state index in [9.17, 15) is 26.4 Å². The van der Waals surface area contributed by atoms with Crippen molar-refractivity contribution in [3.8, 4) is 5.75 Å². The number of ether oxygens (including phenoxy) is 1. The summed E-state index contributed by atoms with van der Waals surface area (Å²) in [6, 6.07) is 17.4. The number of rotatable bonds is 9. The molecule has 0 saturated heterocycles. The summed E-state index contributed by atoms with van der Waals surface area (Å²) in [5.41, 5.74) is -0.667. The molecule has 186 valence electrons. The molecule has 0 aliphatic rings. The zero-order valence-corrected chi connectivity index (χ0v) is 19.6. The summed E-state index contributed by atoms with van der Waals surface area (Å²) in [5.74, 6) is 0.640. The van der Waals surface area contributed by atoms with Gasteiger partial charge in [-0.3, -0.25) is 4.31 Å². The van der Waals surface area contributed by atoms with E-state index >= 15 is 0 Å². The van der Waals surface area contributed by atoms with Gasteiger partial charge in [-0.2, -0.15) is 13.2 Å². The Kier molecular flexibility index (Phi) is 8.23. The molecule has 0 unspecified atom stereocenters. The maximum absolute atomic E-state index is 13.3. The molecule has 2 amide bonds. The molecule has 0 spiro atoms. The first kappa shape index (κ1) is 25.9. The highest BCUT2D eigenvalue weighted by Crippen LogP contribution is 2.33. The summed E-state index contributed by atoms with van der Waals surface area (Å²) in [6.45, 7) is 1.89. The molecule has 0 saturated carbocycles. The van der Waals surface area contributed by atoms with E-state index in [1.54, 1.807) is 30.3 Å². The maximum atomic E-state index is 13.3. The second-order valence-electron chi connectivity index (χ2n) is 7.28. The quantitative estimate of drug-likeness (QED) is 0.421. The summed E-state index contributed by atoms with van der Waals surface area (Å²) < 4.78 is 72.4. The highest BCUT2D eigenvalue weighted by atomic mass is 32.2. The first-order valence-electron chi connectivity index (χ1n) is 10.6. The number of benzene rings is 3. The average molecular weight is 508 g/mol. The van der Waals surface area contributed by atoms with Crippen LogP contribution in [-0.4, -0.2) is 34.1 Å². The topological polar surface area (TPSA) is 87.7 Å². The number of halogens is 3. The lowest BCUT2D eigenvalue weighted by Gasteiger charge is -2.25. The highest BCUT2D eigenvalue weighted by Gasteiger charge is 2.32. The molecule has 0 atom stereocenters. The van der Waals surface area contributed by atoms with Crippen LogP contribution in [0.15, 0.2) is 83.8 Å². The minimum absolute atomic E-state index is 0.0868. The van der Waals surface area contributed by atoms with Gasteiger partial charge in [0.05, 0.1) is 29.3 Å². The molecule has 7 nitrogen and oxygen atoms in total. The van der Waals surface area contributed by atoms with Crippen LogP contribution in [-0.2, 0) is 16.2 Å². The standard InChI is InChI=1S/C24H24F3N3O4S/c1-2-34-21-13-11-19(12-14-21)29-23(31)28-15-16-30(35(32,33)22-9-4-3-5-10-22)20-8-6-7-18(17-20)24(25,26)27/h3-14,17H,2,15-16H2,1H3,(H2,28,29,31). The molecule has 0 aliphatic carbocycles. The van der Waals surface area contributed by atoms with Gasteiger partial charge in [0, 0.05) is 12.2 Å². The monoisotopic (exact) mass is 507 g/mol. The molecule has 11 heteroatoms. The van der Waals surface area contributed by atoms with Crippen molar-refractivity contribution in [1.29, 1.82) is 0 Å². The summed E-state index contributed by atoms with van der Waals surface area (Å²) in [7, 11) is -4.20. The fourth-order valence-corrected chi connectivity index (χ4v) is 4.67. The van der Waals surface area contributed by atoms with Gasteiger partial charge in [0.25, 0.3) is 10.0 Å². The lowest BCUT2D eigenvalue weighted by atomic mass is 10.2. The molecular formula is C24H24F3N3O4S. The minimum atomic E-state index is -4.64. The summed E-state index contributed by atoms with van der Waals surface area (Å²) in [6.07, 6.45) is -4.64. The van der Waals surface area contributed by atoms with Crippen molar-refractivity contribution in [2.45, 2.75) is 18.0 Å². The van der Waals surface area contributed by atoms with Gasteiger partial charge in [-0.15, -0.1) is 0 Å². The number of alkyl halides is 3. The van der Waals surface area contributed by atoms with E-state index in [0.29, 0.717) is 18.0 Å². The van der Waals surface area contributed by atoms with Gasteiger partial charge in [0.2, 0.25) is 0 Å². The highest BCUT2D eigenvalue weighted by molar-refractivity contribution is 7.92. The van der Waals surface area contributed by atoms with Crippen LogP contribution in [0.4, 0.5) is 29.3 Å². The predicted octanol–water partition coefficient (Wildman–Crippen LogP) is 5.12. The van der Waals surface area contributed by atoms with Crippen LogP contribution in [0.2, 0.25) is 0 Å². The average Bonchev–Trinajstić information content (AvgIpc) is 2.83. The third kappa shape index (κ3) is 6.89. The van der Waals surface area contributed by atoms with E-state index < -0.39 is 27.8 Å². The number of hydrogen-bond acceptors (Lipinski definition) is 4. The number of sulfonamides is 1. The van der Waals surface area contributed by atoms with Crippen LogP contribution in [0.1, 0.15) is 12.5 Å². The Bertz CT molecular complexity index is 1230. The molecule has 2 N–H and O–H groups in total. The van der Waals surface area contributed by atoms with Crippen molar-refractivity contribution in [3.05, 3.63) is 84.4 Å².